The van der Waals surface area contributed by atoms with Crippen LogP contribution in [0.4, 0.5) is 0 Å². The van der Waals surface area contributed by atoms with E-state index >= 15 is 0 Å². The predicted octanol–water partition coefficient (Wildman–Crippen LogP) is 5.35. The van der Waals surface area contributed by atoms with Gasteiger partial charge in [0.2, 0.25) is 0 Å². The van der Waals surface area contributed by atoms with Crippen LogP contribution in [0.2, 0.25) is 0 Å². The Morgan fingerprint density at radius 1 is 0.966 bits per heavy atom. The molecule has 3 aromatic rings. The first-order valence-corrected chi connectivity index (χ1v) is 11.0. The van der Waals surface area contributed by atoms with Crippen molar-refractivity contribution in [3.05, 3.63) is 53.3 Å². The van der Waals surface area contributed by atoms with Gasteiger partial charge in [-0.15, -0.1) is 0 Å². The van der Waals surface area contributed by atoms with Gasteiger partial charge in [-0.05, 0) is 43.5 Å². The van der Waals surface area contributed by atoms with Crippen molar-refractivity contribution in [2.75, 3.05) is 19.7 Å². The SMILES string of the molecule is CCCCOc1ncc2[nH]cc(Cc3ccc(CN(CCC)CCC)cc3)c2n1. The van der Waals surface area contributed by atoms with Gasteiger partial charge < -0.3 is 9.72 Å². The lowest BCUT2D eigenvalue weighted by Crippen LogP contribution is -2.24. The molecule has 0 aliphatic rings. The Kier molecular flexibility index (Phi) is 8.05. The molecule has 0 amide bonds. The van der Waals surface area contributed by atoms with Crippen molar-refractivity contribution in [1.29, 1.82) is 0 Å². The van der Waals surface area contributed by atoms with Crippen molar-refractivity contribution >= 4 is 11.0 Å². The summed E-state index contributed by atoms with van der Waals surface area (Å²) in [5.74, 6) is 0. The predicted molar refractivity (Wildman–Crippen MR) is 119 cm³/mol. The van der Waals surface area contributed by atoms with E-state index in [4.69, 9.17) is 4.74 Å². The number of rotatable bonds is 12. The van der Waals surface area contributed by atoms with Gasteiger partial charge in [-0.3, -0.25) is 4.90 Å². The largest absolute Gasteiger partial charge is 0.463 e. The summed E-state index contributed by atoms with van der Waals surface area (Å²) in [5.41, 5.74) is 5.75. The van der Waals surface area contributed by atoms with E-state index in [1.54, 1.807) is 0 Å². The van der Waals surface area contributed by atoms with Gasteiger partial charge in [-0.25, -0.2) is 4.98 Å². The maximum Gasteiger partial charge on any atom is 0.317 e. The minimum absolute atomic E-state index is 0.467. The molecule has 1 N–H and O–H groups in total. The minimum atomic E-state index is 0.467. The van der Waals surface area contributed by atoms with E-state index in [2.05, 4.69) is 64.9 Å². The molecule has 0 saturated carbocycles. The number of hydrogen-bond donors (Lipinski definition) is 1. The van der Waals surface area contributed by atoms with Gasteiger partial charge in [0.15, 0.2) is 0 Å². The zero-order valence-corrected chi connectivity index (χ0v) is 18.1. The van der Waals surface area contributed by atoms with Gasteiger partial charge in [0, 0.05) is 24.7 Å². The van der Waals surface area contributed by atoms with Crippen LogP contribution < -0.4 is 4.74 Å². The van der Waals surface area contributed by atoms with E-state index in [1.165, 1.54) is 29.5 Å². The van der Waals surface area contributed by atoms with Gasteiger partial charge in [0.25, 0.3) is 0 Å². The lowest BCUT2D eigenvalue weighted by atomic mass is 10.0. The zero-order valence-electron chi connectivity index (χ0n) is 18.1. The van der Waals surface area contributed by atoms with Crippen LogP contribution in [-0.4, -0.2) is 39.5 Å². The lowest BCUT2D eigenvalue weighted by molar-refractivity contribution is 0.266. The molecule has 1 aromatic carbocycles. The van der Waals surface area contributed by atoms with Crippen LogP contribution >= 0.6 is 0 Å². The second-order valence-corrected chi connectivity index (χ2v) is 7.70. The molecule has 0 bridgehead atoms. The van der Waals surface area contributed by atoms with E-state index in [0.29, 0.717) is 12.6 Å². The summed E-state index contributed by atoms with van der Waals surface area (Å²) < 4.78 is 5.68. The number of benzene rings is 1. The highest BCUT2D eigenvalue weighted by molar-refractivity contribution is 5.78. The molecule has 2 aromatic heterocycles. The standard InChI is InChI=1S/C24H34N4O/c1-4-7-14-29-24-26-17-22-23(27-24)21(16-25-22)15-19-8-10-20(11-9-19)18-28(12-5-2)13-6-3/h8-11,16-17,25H,4-7,12-15,18H2,1-3H3. The fourth-order valence-electron chi connectivity index (χ4n) is 3.60. The van der Waals surface area contributed by atoms with Crippen molar-refractivity contribution in [3.8, 4) is 6.01 Å². The number of aromatic amines is 1. The van der Waals surface area contributed by atoms with Crippen LogP contribution in [0.3, 0.4) is 0 Å². The van der Waals surface area contributed by atoms with E-state index in [9.17, 15) is 0 Å². The molecule has 29 heavy (non-hydrogen) atoms. The molecule has 5 heteroatoms. The summed E-state index contributed by atoms with van der Waals surface area (Å²) in [5, 5.41) is 0. The quantitative estimate of drug-likeness (QED) is 0.421. The summed E-state index contributed by atoms with van der Waals surface area (Å²) in [6, 6.07) is 9.47. The van der Waals surface area contributed by atoms with E-state index < -0.39 is 0 Å². The van der Waals surface area contributed by atoms with Crippen LogP contribution in [0.15, 0.2) is 36.7 Å². The zero-order chi connectivity index (χ0) is 20.5. The van der Waals surface area contributed by atoms with Crippen LogP contribution in [0.25, 0.3) is 11.0 Å². The highest BCUT2D eigenvalue weighted by Crippen LogP contribution is 2.21. The summed E-state index contributed by atoms with van der Waals surface area (Å²) >= 11 is 0. The third-order valence-electron chi connectivity index (χ3n) is 5.11. The summed E-state index contributed by atoms with van der Waals surface area (Å²) in [6.07, 6.45) is 9.21. The van der Waals surface area contributed by atoms with Gasteiger partial charge in [0.05, 0.1) is 23.8 Å². The smallest absolute Gasteiger partial charge is 0.317 e. The molecule has 156 valence electrons. The number of aromatic nitrogens is 3. The molecule has 0 fully saturated rings. The van der Waals surface area contributed by atoms with E-state index in [0.717, 1.165) is 49.9 Å². The summed E-state index contributed by atoms with van der Waals surface area (Å²) in [6.45, 7) is 10.7. The van der Waals surface area contributed by atoms with Crippen molar-refractivity contribution in [2.24, 2.45) is 0 Å². The lowest BCUT2D eigenvalue weighted by Gasteiger charge is -2.21. The number of nitrogens with one attached hydrogen (secondary N) is 1. The molecule has 0 atom stereocenters. The Hall–Kier alpha value is -2.40. The van der Waals surface area contributed by atoms with Crippen LogP contribution in [0.5, 0.6) is 6.01 Å². The first kappa shape index (κ1) is 21.3. The monoisotopic (exact) mass is 394 g/mol. The number of nitrogens with zero attached hydrogens (tertiary/aromatic N) is 3. The molecule has 3 rings (SSSR count). The number of unbranched alkanes of at least 4 members (excludes halogenated alkanes) is 1. The highest BCUT2D eigenvalue weighted by atomic mass is 16.5. The molecular formula is C24H34N4O. The Morgan fingerprint density at radius 3 is 2.38 bits per heavy atom. The maximum atomic E-state index is 5.68. The van der Waals surface area contributed by atoms with Crippen molar-refractivity contribution in [1.82, 2.24) is 19.9 Å². The van der Waals surface area contributed by atoms with Crippen LogP contribution in [0.1, 0.15) is 63.1 Å². The Morgan fingerprint density at radius 2 is 1.69 bits per heavy atom. The fourth-order valence-corrected chi connectivity index (χ4v) is 3.60. The van der Waals surface area contributed by atoms with Gasteiger partial charge in [-0.1, -0.05) is 51.5 Å². The number of hydrogen-bond acceptors (Lipinski definition) is 4. The summed E-state index contributed by atoms with van der Waals surface area (Å²) in [7, 11) is 0. The molecule has 0 unspecified atom stereocenters. The third kappa shape index (κ3) is 6.04. The fraction of sp³-hybridized carbons (Fsp3) is 0.500. The van der Waals surface area contributed by atoms with Gasteiger partial charge in [0.1, 0.15) is 0 Å². The highest BCUT2D eigenvalue weighted by Gasteiger charge is 2.10. The van der Waals surface area contributed by atoms with Gasteiger partial charge in [-0.2, -0.15) is 4.98 Å². The molecule has 0 aliphatic heterocycles. The van der Waals surface area contributed by atoms with E-state index in [-0.39, 0.29) is 0 Å². The Bertz CT molecular complexity index is 866. The van der Waals surface area contributed by atoms with E-state index in [1.807, 2.05) is 12.4 Å². The van der Waals surface area contributed by atoms with Crippen molar-refractivity contribution in [3.63, 3.8) is 0 Å². The number of ether oxygens (including phenoxy) is 1. The summed E-state index contributed by atoms with van der Waals surface area (Å²) in [4.78, 5) is 14.7. The third-order valence-corrected chi connectivity index (χ3v) is 5.11. The Labute approximate surface area is 174 Å². The molecule has 0 saturated heterocycles. The van der Waals surface area contributed by atoms with Gasteiger partial charge >= 0.3 is 6.01 Å². The number of fused-ring (bicyclic) bond motifs is 1. The van der Waals surface area contributed by atoms with Crippen LogP contribution in [-0.2, 0) is 13.0 Å². The first-order valence-electron chi connectivity index (χ1n) is 11.0. The molecular weight excluding hydrogens is 360 g/mol. The van der Waals surface area contributed by atoms with Crippen LogP contribution in [0, 0.1) is 0 Å². The second kappa shape index (κ2) is 11.0. The molecule has 2 heterocycles. The average Bonchev–Trinajstić information content (AvgIpc) is 3.12. The minimum Gasteiger partial charge on any atom is -0.463 e. The maximum absolute atomic E-state index is 5.68. The topological polar surface area (TPSA) is 54.0 Å². The Balaban J connectivity index is 1.67. The normalized spacial score (nSPS) is 11.4. The second-order valence-electron chi connectivity index (χ2n) is 7.70. The number of H-pyrrole nitrogens is 1. The molecule has 5 nitrogen and oxygen atoms in total. The van der Waals surface area contributed by atoms with Crippen molar-refractivity contribution in [2.45, 2.75) is 59.4 Å². The average molecular weight is 395 g/mol. The van der Waals surface area contributed by atoms with Crippen molar-refractivity contribution < 1.29 is 4.74 Å². The molecule has 0 aliphatic carbocycles. The molecule has 0 radical (unpaired) electrons. The first-order chi connectivity index (χ1) is 14.2. The molecule has 0 spiro atoms.